The molecule has 0 heterocycles. The van der Waals surface area contributed by atoms with Crippen molar-refractivity contribution < 1.29 is 9.84 Å². The molecule has 0 aromatic heterocycles. The molecule has 0 bridgehead atoms. The number of aliphatic hydroxyl groups is 1. The molecule has 0 amide bonds. The molecule has 0 saturated heterocycles. The van der Waals surface area contributed by atoms with Gasteiger partial charge in [0, 0.05) is 18.8 Å². The predicted molar refractivity (Wildman–Crippen MR) is 67.2 cm³/mol. The van der Waals surface area contributed by atoms with Gasteiger partial charge in [-0.15, -0.1) is 0 Å². The maximum atomic E-state index is 8.65. The maximum Gasteiger partial charge on any atom is 0.119 e. The van der Waals surface area contributed by atoms with Crippen LogP contribution in [-0.2, 0) is 0 Å². The lowest BCUT2D eigenvalue weighted by molar-refractivity contribution is 0.283. The second-order valence-corrected chi connectivity index (χ2v) is 3.89. The number of anilines is 1. The fourth-order valence-corrected chi connectivity index (χ4v) is 1.60. The lowest BCUT2D eigenvalue weighted by Gasteiger charge is -2.10. The van der Waals surface area contributed by atoms with E-state index in [0.717, 1.165) is 37.2 Å². The third-order valence-corrected chi connectivity index (χ3v) is 2.58. The van der Waals surface area contributed by atoms with E-state index in [1.165, 1.54) is 5.56 Å². The summed E-state index contributed by atoms with van der Waals surface area (Å²) in [5, 5.41) is 12.0. The Bertz CT molecular complexity index is 313. The Kier molecular flexibility index (Phi) is 5.72. The Balaban J connectivity index is 2.36. The topological polar surface area (TPSA) is 41.5 Å². The normalized spacial score (nSPS) is 10.2. The second-order valence-electron chi connectivity index (χ2n) is 3.89. The summed E-state index contributed by atoms with van der Waals surface area (Å²) in [7, 11) is 1.68. The smallest absolute Gasteiger partial charge is 0.119 e. The molecule has 0 aliphatic rings. The van der Waals surface area contributed by atoms with Gasteiger partial charge < -0.3 is 15.2 Å². The summed E-state index contributed by atoms with van der Waals surface area (Å²) in [5.41, 5.74) is 2.35. The molecular weight excluding hydrogens is 202 g/mol. The summed E-state index contributed by atoms with van der Waals surface area (Å²) in [6, 6.07) is 6.03. The van der Waals surface area contributed by atoms with Crippen molar-refractivity contribution in [2.75, 3.05) is 25.6 Å². The summed E-state index contributed by atoms with van der Waals surface area (Å²) >= 11 is 0. The van der Waals surface area contributed by atoms with Crippen molar-refractivity contribution in [2.24, 2.45) is 0 Å². The molecule has 0 radical (unpaired) electrons. The molecule has 0 atom stereocenters. The van der Waals surface area contributed by atoms with Gasteiger partial charge in [-0.1, -0.05) is 0 Å². The van der Waals surface area contributed by atoms with Crippen molar-refractivity contribution in [3.63, 3.8) is 0 Å². The van der Waals surface area contributed by atoms with Crippen LogP contribution in [0.25, 0.3) is 0 Å². The van der Waals surface area contributed by atoms with Gasteiger partial charge >= 0.3 is 0 Å². The first-order valence-corrected chi connectivity index (χ1v) is 5.77. The van der Waals surface area contributed by atoms with E-state index in [1.807, 2.05) is 18.2 Å². The Morgan fingerprint density at radius 1 is 1.25 bits per heavy atom. The molecule has 3 heteroatoms. The zero-order valence-electron chi connectivity index (χ0n) is 10.1. The van der Waals surface area contributed by atoms with Gasteiger partial charge in [-0.3, -0.25) is 0 Å². The van der Waals surface area contributed by atoms with Crippen LogP contribution in [0.1, 0.15) is 24.8 Å². The zero-order valence-corrected chi connectivity index (χ0v) is 10.1. The van der Waals surface area contributed by atoms with Crippen LogP contribution >= 0.6 is 0 Å². The van der Waals surface area contributed by atoms with Crippen molar-refractivity contribution in [2.45, 2.75) is 26.2 Å². The van der Waals surface area contributed by atoms with E-state index < -0.39 is 0 Å². The minimum atomic E-state index is 0.293. The van der Waals surface area contributed by atoms with Crippen LogP contribution in [-0.4, -0.2) is 25.4 Å². The molecule has 16 heavy (non-hydrogen) atoms. The second kappa shape index (κ2) is 7.12. The van der Waals surface area contributed by atoms with Gasteiger partial charge in [0.1, 0.15) is 5.75 Å². The van der Waals surface area contributed by atoms with Crippen LogP contribution in [0.4, 0.5) is 5.69 Å². The van der Waals surface area contributed by atoms with Crippen LogP contribution in [0.15, 0.2) is 18.2 Å². The monoisotopic (exact) mass is 223 g/mol. The number of unbranched alkanes of at least 4 members (excludes halogenated alkanes) is 2. The van der Waals surface area contributed by atoms with Crippen LogP contribution in [0, 0.1) is 6.92 Å². The Morgan fingerprint density at radius 2 is 2.06 bits per heavy atom. The molecule has 0 fully saturated rings. The zero-order chi connectivity index (χ0) is 11.8. The average Bonchev–Trinajstić information content (AvgIpc) is 2.30. The summed E-state index contributed by atoms with van der Waals surface area (Å²) in [5.74, 6) is 0.892. The van der Waals surface area contributed by atoms with Crippen molar-refractivity contribution in [1.29, 1.82) is 0 Å². The van der Waals surface area contributed by atoms with Crippen molar-refractivity contribution in [3.05, 3.63) is 23.8 Å². The molecule has 90 valence electrons. The number of methoxy groups -OCH3 is 1. The number of benzene rings is 1. The van der Waals surface area contributed by atoms with Gasteiger partial charge in [0.2, 0.25) is 0 Å². The highest BCUT2D eigenvalue weighted by Crippen LogP contribution is 2.20. The van der Waals surface area contributed by atoms with Crippen molar-refractivity contribution in [3.8, 4) is 5.75 Å². The summed E-state index contributed by atoms with van der Waals surface area (Å²) < 4.78 is 5.15. The van der Waals surface area contributed by atoms with Crippen molar-refractivity contribution >= 4 is 5.69 Å². The number of aliphatic hydroxyl groups excluding tert-OH is 1. The van der Waals surface area contributed by atoms with Gasteiger partial charge in [-0.25, -0.2) is 0 Å². The Hall–Kier alpha value is -1.22. The highest BCUT2D eigenvalue weighted by molar-refractivity contribution is 5.53. The predicted octanol–water partition coefficient (Wildman–Crippen LogP) is 2.58. The SMILES string of the molecule is COc1ccc(NCCCCCO)c(C)c1. The molecule has 1 rings (SSSR count). The average molecular weight is 223 g/mol. The number of hydrogen-bond acceptors (Lipinski definition) is 3. The highest BCUT2D eigenvalue weighted by atomic mass is 16.5. The Morgan fingerprint density at radius 3 is 2.69 bits per heavy atom. The largest absolute Gasteiger partial charge is 0.497 e. The first-order chi connectivity index (χ1) is 7.77. The molecule has 3 nitrogen and oxygen atoms in total. The number of rotatable bonds is 7. The minimum Gasteiger partial charge on any atom is -0.497 e. The first kappa shape index (κ1) is 12.8. The van der Waals surface area contributed by atoms with Gasteiger partial charge in [0.25, 0.3) is 0 Å². The first-order valence-electron chi connectivity index (χ1n) is 5.77. The van der Waals surface area contributed by atoms with Gasteiger partial charge in [-0.05, 0) is 49.9 Å². The fraction of sp³-hybridized carbons (Fsp3) is 0.538. The van der Waals surface area contributed by atoms with E-state index in [9.17, 15) is 0 Å². The summed E-state index contributed by atoms with van der Waals surface area (Å²) in [6.45, 7) is 3.31. The third-order valence-electron chi connectivity index (χ3n) is 2.58. The van der Waals surface area contributed by atoms with E-state index >= 15 is 0 Å². The van der Waals surface area contributed by atoms with Gasteiger partial charge in [0.15, 0.2) is 0 Å². The molecule has 1 aromatic carbocycles. The number of aryl methyl sites for hydroxylation is 1. The van der Waals surface area contributed by atoms with E-state index in [4.69, 9.17) is 9.84 Å². The lowest BCUT2D eigenvalue weighted by Crippen LogP contribution is -2.03. The van der Waals surface area contributed by atoms with Crippen LogP contribution in [0.3, 0.4) is 0 Å². The maximum absolute atomic E-state index is 8.65. The van der Waals surface area contributed by atoms with E-state index in [-0.39, 0.29) is 0 Å². The quantitative estimate of drug-likeness (QED) is 0.698. The van der Waals surface area contributed by atoms with E-state index in [0.29, 0.717) is 6.61 Å². The highest BCUT2D eigenvalue weighted by Gasteiger charge is 1.99. The van der Waals surface area contributed by atoms with Gasteiger partial charge in [0.05, 0.1) is 7.11 Å². The summed E-state index contributed by atoms with van der Waals surface area (Å²) in [6.07, 6.45) is 3.05. The van der Waals surface area contributed by atoms with E-state index in [1.54, 1.807) is 7.11 Å². The van der Waals surface area contributed by atoms with Crippen molar-refractivity contribution in [1.82, 2.24) is 0 Å². The molecule has 0 aliphatic carbocycles. The number of hydrogen-bond donors (Lipinski definition) is 2. The Labute approximate surface area is 97.4 Å². The van der Waals surface area contributed by atoms with Crippen LogP contribution in [0.5, 0.6) is 5.75 Å². The van der Waals surface area contributed by atoms with Crippen LogP contribution < -0.4 is 10.1 Å². The molecule has 0 saturated carbocycles. The summed E-state index contributed by atoms with van der Waals surface area (Å²) in [4.78, 5) is 0. The number of nitrogens with one attached hydrogen (secondary N) is 1. The molecular formula is C13H21NO2. The molecule has 0 unspecified atom stereocenters. The van der Waals surface area contributed by atoms with E-state index in [2.05, 4.69) is 12.2 Å². The lowest BCUT2D eigenvalue weighted by atomic mass is 10.2. The van der Waals surface area contributed by atoms with Gasteiger partial charge in [-0.2, -0.15) is 0 Å². The molecule has 2 N–H and O–H groups in total. The molecule has 1 aromatic rings. The minimum absolute atomic E-state index is 0.293. The number of ether oxygens (including phenoxy) is 1. The third kappa shape index (κ3) is 4.11. The molecule has 0 aliphatic heterocycles. The fourth-order valence-electron chi connectivity index (χ4n) is 1.60. The standard InChI is InChI=1S/C13H21NO2/c1-11-10-12(16-2)6-7-13(11)14-8-4-3-5-9-15/h6-7,10,14-15H,3-5,8-9H2,1-2H3. The molecule has 0 spiro atoms. The van der Waals surface area contributed by atoms with Crippen LogP contribution in [0.2, 0.25) is 0 Å².